The molecule has 1 saturated heterocycles. The highest BCUT2D eigenvalue weighted by atomic mass is 32.2. The highest BCUT2D eigenvalue weighted by molar-refractivity contribution is 7.89. The quantitative estimate of drug-likeness (QED) is 0.485. The van der Waals surface area contributed by atoms with Crippen molar-refractivity contribution in [3.05, 3.63) is 83.0 Å². The van der Waals surface area contributed by atoms with Crippen LogP contribution in [0.25, 0.3) is 12.2 Å². The van der Waals surface area contributed by atoms with Gasteiger partial charge in [0.25, 0.3) is 0 Å². The Kier molecular flexibility index (Phi) is 7.47. The van der Waals surface area contributed by atoms with Crippen LogP contribution in [0.2, 0.25) is 0 Å². The fourth-order valence-electron chi connectivity index (χ4n) is 4.31. The van der Waals surface area contributed by atoms with E-state index < -0.39 is 21.8 Å². The molecule has 0 unspecified atom stereocenters. The molecule has 0 aliphatic carbocycles. The molecule has 2 aromatic carbocycles. The van der Waals surface area contributed by atoms with Crippen molar-refractivity contribution in [3.63, 3.8) is 0 Å². The van der Waals surface area contributed by atoms with E-state index in [1.165, 1.54) is 22.5 Å². The third kappa shape index (κ3) is 5.52. The van der Waals surface area contributed by atoms with Crippen molar-refractivity contribution in [3.8, 4) is 0 Å². The molecule has 0 spiro atoms. The molecule has 7 nitrogen and oxygen atoms in total. The number of amides is 1. The molecule has 3 aromatic rings. The van der Waals surface area contributed by atoms with Crippen molar-refractivity contribution in [1.29, 1.82) is 0 Å². The Balaban J connectivity index is 1.52. The van der Waals surface area contributed by atoms with Crippen LogP contribution in [0.15, 0.2) is 64.0 Å². The number of carbonyl (C=O) groups excluding carboxylic acids is 1. The van der Waals surface area contributed by atoms with E-state index in [1.807, 2.05) is 30.3 Å². The maximum absolute atomic E-state index is 14.0. The smallest absolute Gasteiger partial charge is 0.248 e. The molecule has 1 atom stereocenters. The van der Waals surface area contributed by atoms with Crippen LogP contribution in [-0.2, 0) is 21.4 Å². The number of hydrogen-bond donors (Lipinski definition) is 0. The summed E-state index contributed by atoms with van der Waals surface area (Å²) in [6.45, 7) is 2.40. The Morgan fingerprint density at radius 1 is 1.17 bits per heavy atom. The summed E-state index contributed by atoms with van der Waals surface area (Å²) in [6, 6.07) is 15.8. The van der Waals surface area contributed by atoms with Gasteiger partial charge in [-0.2, -0.15) is 4.31 Å². The summed E-state index contributed by atoms with van der Waals surface area (Å²) in [5.74, 6) is -0.929. The minimum absolute atomic E-state index is 0.0281. The molecule has 35 heavy (non-hydrogen) atoms. The van der Waals surface area contributed by atoms with Crippen LogP contribution in [0, 0.1) is 18.7 Å². The lowest BCUT2D eigenvalue weighted by Crippen LogP contribution is -2.45. The molecule has 1 aromatic heterocycles. The monoisotopic (exact) mass is 497 g/mol. The van der Waals surface area contributed by atoms with E-state index in [0.717, 1.165) is 5.56 Å². The molecule has 0 N–H and O–H groups in total. The van der Waals surface area contributed by atoms with Gasteiger partial charge in [0, 0.05) is 32.2 Å². The van der Waals surface area contributed by atoms with Crippen LogP contribution in [0.4, 0.5) is 4.39 Å². The van der Waals surface area contributed by atoms with E-state index in [-0.39, 0.29) is 28.8 Å². The molecule has 4 rings (SSSR count). The minimum Gasteiger partial charge on any atom is -0.355 e. The van der Waals surface area contributed by atoms with E-state index in [9.17, 15) is 17.6 Å². The van der Waals surface area contributed by atoms with Gasteiger partial charge < -0.3 is 9.42 Å². The van der Waals surface area contributed by atoms with Gasteiger partial charge in [-0.05, 0) is 43.5 Å². The van der Waals surface area contributed by atoms with E-state index in [1.54, 1.807) is 37.1 Å². The Morgan fingerprint density at radius 3 is 2.63 bits per heavy atom. The Bertz CT molecular complexity index is 1320. The SMILES string of the molecule is Cc1noc(/C=C/c2ccccc2F)c1S(=O)(=O)N1CCC[C@H](C(=O)N(C)Cc2ccccc2)C1. The molecule has 0 radical (unpaired) electrons. The summed E-state index contributed by atoms with van der Waals surface area (Å²) in [4.78, 5) is 14.7. The molecule has 9 heteroatoms. The lowest BCUT2D eigenvalue weighted by Gasteiger charge is -2.33. The van der Waals surface area contributed by atoms with Gasteiger partial charge in [-0.15, -0.1) is 0 Å². The highest BCUT2D eigenvalue weighted by Crippen LogP contribution is 2.30. The number of hydrogen-bond acceptors (Lipinski definition) is 5. The number of nitrogens with zero attached hydrogens (tertiary/aromatic N) is 3. The van der Waals surface area contributed by atoms with E-state index in [0.29, 0.717) is 31.5 Å². The topological polar surface area (TPSA) is 83.7 Å². The molecule has 0 bridgehead atoms. The third-order valence-electron chi connectivity index (χ3n) is 6.12. The van der Waals surface area contributed by atoms with Gasteiger partial charge in [-0.3, -0.25) is 4.79 Å². The summed E-state index contributed by atoms with van der Waals surface area (Å²) >= 11 is 0. The normalized spacial score (nSPS) is 17.1. The van der Waals surface area contributed by atoms with E-state index in [4.69, 9.17) is 4.52 Å². The van der Waals surface area contributed by atoms with E-state index in [2.05, 4.69) is 5.16 Å². The predicted octanol–water partition coefficient (Wildman–Crippen LogP) is 4.35. The zero-order valence-corrected chi connectivity index (χ0v) is 20.5. The van der Waals surface area contributed by atoms with Gasteiger partial charge in [-0.25, -0.2) is 12.8 Å². The van der Waals surface area contributed by atoms with Gasteiger partial charge in [0.05, 0.1) is 5.92 Å². The average Bonchev–Trinajstić information content (AvgIpc) is 3.24. The third-order valence-corrected chi connectivity index (χ3v) is 8.15. The Labute approximate surface area is 204 Å². The summed E-state index contributed by atoms with van der Waals surface area (Å²) in [5.41, 5.74) is 1.53. The number of benzene rings is 2. The van der Waals surface area contributed by atoms with Crippen LogP contribution in [0.3, 0.4) is 0 Å². The predicted molar refractivity (Wildman–Crippen MR) is 131 cm³/mol. The number of piperidine rings is 1. The Morgan fingerprint density at radius 2 is 1.89 bits per heavy atom. The Hall–Kier alpha value is -3.30. The van der Waals surface area contributed by atoms with Crippen LogP contribution in [0.1, 0.15) is 35.4 Å². The lowest BCUT2D eigenvalue weighted by molar-refractivity contribution is -0.135. The molecule has 1 aliphatic rings. The summed E-state index contributed by atoms with van der Waals surface area (Å²) in [7, 11) is -2.25. The van der Waals surface area contributed by atoms with Crippen molar-refractivity contribution in [2.45, 2.75) is 31.2 Å². The highest BCUT2D eigenvalue weighted by Gasteiger charge is 2.37. The molecule has 1 aliphatic heterocycles. The fourth-order valence-corrected chi connectivity index (χ4v) is 6.09. The summed E-state index contributed by atoms with van der Waals surface area (Å²) in [5, 5.41) is 3.84. The van der Waals surface area contributed by atoms with Crippen molar-refractivity contribution in [2.24, 2.45) is 5.92 Å². The number of aromatic nitrogens is 1. The summed E-state index contributed by atoms with van der Waals surface area (Å²) in [6.07, 6.45) is 4.05. The van der Waals surface area contributed by atoms with Crippen LogP contribution in [0.5, 0.6) is 0 Å². The fraction of sp³-hybridized carbons (Fsp3) is 0.308. The van der Waals surface area contributed by atoms with Crippen molar-refractivity contribution in [2.75, 3.05) is 20.1 Å². The summed E-state index contributed by atoms with van der Waals surface area (Å²) < 4.78 is 47.8. The first-order valence-electron chi connectivity index (χ1n) is 11.5. The van der Waals surface area contributed by atoms with Crippen LogP contribution >= 0.6 is 0 Å². The van der Waals surface area contributed by atoms with Crippen LogP contribution in [-0.4, -0.2) is 48.8 Å². The minimum atomic E-state index is -3.98. The molecule has 184 valence electrons. The van der Waals surface area contributed by atoms with Crippen molar-refractivity contribution < 1.29 is 22.1 Å². The number of halogens is 1. The van der Waals surface area contributed by atoms with Crippen LogP contribution < -0.4 is 0 Å². The second kappa shape index (κ2) is 10.5. The number of sulfonamides is 1. The largest absolute Gasteiger partial charge is 0.355 e. The van der Waals surface area contributed by atoms with Gasteiger partial charge in [0.15, 0.2) is 10.7 Å². The number of carbonyl (C=O) groups is 1. The van der Waals surface area contributed by atoms with Gasteiger partial charge >= 0.3 is 0 Å². The van der Waals surface area contributed by atoms with Gasteiger partial charge in [-0.1, -0.05) is 53.7 Å². The standard InChI is InChI=1S/C26H28FN3O4S/c1-19-25(24(34-28-19)15-14-21-11-6-7-13-23(21)27)35(32,33)30-16-8-12-22(18-30)26(31)29(2)17-20-9-4-3-5-10-20/h3-7,9-11,13-15,22H,8,12,16-18H2,1-2H3/b15-14+/t22-/m0/s1. The first kappa shape index (κ1) is 24.8. The molecule has 2 heterocycles. The molecular formula is C26H28FN3O4S. The first-order valence-corrected chi connectivity index (χ1v) is 12.9. The number of rotatable bonds is 7. The molecular weight excluding hydrogens is 469 g/mol. The average molecular weight is 498 g/mol. The van der Waals surface area contributed by atoms with Gasteiger partial charge in [0.1, 0.15) is 11.5 Å². The van der Waals surface area contributed by atoms with Crippen molar-refractivity contribution >= 4 is 28.1 Å². The zero-order valence-electron chi connectivity index (χ0n) is 19.7. The number of aryl methyl sites for hydroxylation is 1. The van der Waals surface area contributed by atoms with Gasteiger partial charge in [0.2, 0.25) is 15.9 Å². The molecule has 1 fully saturated rings. The second-order valence-electron chi connectivity index (χ2n) is 8.70. The second-order valence-corrected chi connectivity index (χ2v) is 10.6. The molecule has 0 saturated carbocycles. The lowest BCUT2D eigenvalue weighted by atomic mass is 9.98. The maximum Gasteiger partial charge on any atom is 0.248 e. The van der Waals surface area contributed by atoms with Crippen molar-refractivity contribution in [1.82, 2.24) is 14.4 Å². The molecule has 1 amide bonds. The zero-order chi connectivity index (χ0) is 25.0. The maximum atomic E-state index is 14.0. The first-order chi connectivity index (χ1) is 16.8. The van der Waals surface area contributed by atoms with E-state index >= 15 is 0 Å².